The van der Waals surface area contributed by atoms with Gasteiger partial charge in [-0.2, -0.15) is 0 Å². The zero-order valence-corrected chi connectivity index (χ0v) is 55.3. The molecule has 530 valence electrons. The van der Waals surface area contributed by atoms with Crippen LogP contribution in [0.25, 0.3) is 0 Å². The van der Waals surface area contributed by atoms with E-state index in [0.717, 1.165) is 51.9 Å². The summed E-state index contributed by atoms with van der Waals surface area (Å²) < 4.78 is 34.9. The van der Waals surface area contributed by atoms with Gasteiger partial charge in [0.25, 0.3) is 5.79 Å². The van der Waals surface area contributed by atoms with Gasteiger partial charge in [0.1, 0.15) is 67.1 Å². The van der Waals surface area contributed by atoms with E-state index in [-0.39, 0.29) is 18.9 Å². The monoisotopic (exact) mass is 1290 g/mol. The third-order valence-corrected chi connectivity index (χ3v) is 18.3. The van der Waals surface area contributed by atoms with E-state index in [9.17, 15) is 75.7 Å². The third kappa shape index (κ3) is 30.6. The van der Waals surface area contributed by atoms with Gasteiger partial charge in [0.2, 0.25) is 11.8 Å². The number of nitrogens with one attached hydrogen (secondary N) is 2. The molecule has 3 aliphatic heterocycles. The average Bonchev–Trinajstić information content (AvgIpc) is 0.767. The first-order valence-corrected chi connectivity index (χ1v) is 35.4. The Morgan fingerprint density at radius 2 is 0.967 bits per heavy atom. The second-order valence-electron chi connectivity index (χ2n) is 26.1. The highest BCUT2D eigenvalue weighted by Crippen LogP contribution is 2.39. The number of carbonyl (C=O) groups is 3. The highest BCUT2D eigenvalue weighted by Gasteiger charge is 2.60. The smallest absolute Gasteiger partial charge is 0.364 e. The lowest BCUT2D eigenvalue weighted by atomic mass is 9.88. The van der Waals surface area contributed by atoms with E-state index >= 15 is 0 Å². The number of aliphatic hydroxyl groups excluding tert-OH is 11. The van der Waals surface area contributed by atoms with Gasteiger partial charge >= 0.3 is 5.97 Å². The molecule has 0 aromatic carbocycles. The van der Waals surface area contributed by atoms with Gasteiger partial charge in [-0.3, -0.25) is 9.59 Å². The number of carbonyl (C=O) groups excluding carboxylic acids is 2. The van der Waals surface area contributed by atoms with Gasteiger partial charge in [0, 0.05) is 19.8 Å². The van der Waals surface area contributed by atoms with Crippen molar-refractivity contribution in [1.82, 2.24) is 10.6 Å². The van der Waals surface area contributed by atoms with Crippen LogP contribution < -0.4 is 10.6 Å². The summed E-state index contributed by atoms with van der Waals surface area (Å²) in [5.41, 5.74) is 0. The number of carboxylic acids is 1. The topological polar surface area (TPSA) is 373 Å². The fourth-order valence-electron chi connectivity index (χ4n) is 12.7. The Hall–Kier alpha value is -2.27. The molecule has 18 atom stereocenters. The second kappa shape index (κ2) is 48.4. The van der Waals surface area contributed by atoms with Crippen LogP contribution in [0.5, 0.6) is 0 Å². The minimum atomic E-state index is -3.08. The maximum atomic E-state index is 13.5. The molecule has 14 N–H and O–H groups in total. The molecule has 0 spiro atoms. The van der Waals surface area contributed by atoms with Gasteiger partial charge in [-0.25, -0.2) is 4.79 Å². The summed E-state index contributed by atoms with van der Waals surface area (Å²) >= 11 is 0. The van der Waals surface area contributed by atoms with Crippen LogP contribution in [0.1, 0.15) is 271 Å². The Bertz CT molecular complexity index is 1830. The molecule has 23 nitrogen and oxygen atoms in total. The van der Waals surface area contributed by atoms with E-state index in [0.29, 0.717) is 19.3 Å². The molecular weight excluding hydrogens is 1170 g/mol. The van der Waals surface area contributed by atoms with Crippen molar-refractivity contribution in [3.63, 3.8) is 0 Å². The van der Waals surface area contributed by atoms with Crippen LogP contribution in [0.3, 0.4) is 0 Å². The van der Waals surface area contributed by atoms with E-state index in [1.165, 1.54) is 173 Å². The van der Waals surface area contributed by atoms with Crippen molar-refractivity contribution >= 4 is 17.8 Å². The molecule has 0 aromatic rings. The second-order valence-corrected chi connectivity index (χ2v) is 26.1. The zero-order valence-electron chi connectivity index (χ0n) is 55.3. The lowest BCUT2D eigenvalue weighted by Gasteiger charge is -2.50. The fourth-order valence-corrected chi connectivity index (χ4v) is 12.7. The van der Waals surface area contributed by atoms with Crippen LogP contribution >= 0.6 is 0 Å². The quantitative estimate of drug-likeness (QED) is 0.0288. The van der Waals surface area contributed by atoms with Crippen molar-refractivity contribution in [2.24, 2.45) is 0 Å². The van der Waals surface area contributed by atoms with Crippen molar-refractivity contribution in [2.75, 3.05) is 26.4 Å². The van der Waals surface area contributed by atoms with E-state index < -0.39 is 148 Å². The molecule has 0 aliphatic carbocycles. The summed E-state index contributed by atoms with van der Waals surface area (Å²) in [6.07, 6.45) is 15.4. The largest absolute Gasteiger partial charge is 0.477 e. The van der Waals surface area contributed by atoms with E-state index in [1.54, 1.807) is 0 Å². The molecule has 0 aromatic heterocycles. The highest BCUT2D eigenvalue weighted by molar-refractivity contribution is 5.77. The van der Waals surface area contributed by atoms with Crippen molar-refractivity contribution < 1.29 is 104 Å². The number of aliphatic carboxylic acids is 1. The number of unbranched alkanes of at least 4 members (excludes halogenated alkanes) is 34. The van der Waals surface area contributed by atoms with Crippen LogP contribution in [-0.2, 0) is 42.8 Å². The lowest BCUT2D eigenvalue weighted by molar-refractivity contribution is -0.386. The summed E-state index contributed by atoms with van der Waals surface area (Å²) in [7, 11) is 0. The first-order chi connectivity index (χ1) is 43.4. The first-order valence-electron chi connectivity index (χ1n) is 35.4. The molecule has 3 fully saturated rings. The van der Waals surface area contributed by atoms with Crippen LogP contribution in [0.4, 0.5) is 0 Å². The number of hydrogen-bond acceptors (Lipinski definition) is 20. The predicted octanol–water partition coefficient (Wildman–Crippen LogP) is 6.51. The number of rotatable bonds is 54. The normalized spacial score (nSPS) is 28.5. The molecule has 18 unspecified atom stereocenters. The Morgan fingerprint density at radius 1 is 0.533 bits per heavy atom. The van der Waals surface area contributed by atoms with Gasteiger partial charge in [-0.1, -0.05) is 239 Å². The zero-order chi connectivity index (χ0) is 66.1. The van der Waals surface area contributed by atoms with E-state index in [1.807, 2.05) is 0 Å². The van der Waals surface area contributed by atoms with Gasteiger partial charge in [-0.05, 0) is 12.8 Å². The van der Waals surface area contributed by atoms with Gasteiger partial charge in [0.05, 0.1) is 50.7 Å². The Labute approximate surface area is 538 Å². The molecule has 2 amide bonds. The molecule has 3 heterocycles. The lowest BCUT2D eigenvalue weighted by Crippen LogP contribution is -2.70. The van der Waals surface area contributed by atoms with E-state index in [2.05, 4.69) is 24.5 Å². The summed E-state index contributed by atoms with van der Waals surface area (Å²) in [5, 5.41) is 136. The molecule has 0 saturated carbocycles. The molecule has 90 heavy (non-hydrogen) atoms. The summed E-state index contributed by atoms with van der Waals surface area (Å²) in [4.78, 5) is 38.6. The number of carboxylic acid groups (broad SMARTS) is 1. The van der Waals surface area contributed by atoms with Gasteiger partial charge in [0.15, 0.2) is 12.6 Å². The number of hydrogen-bond donors (Lipinski definition) is 14. The van der Waals surface area contributed by atoms with Crippen LogP contribution in [0.2, 0.25) is 0 Å². The van der Waals surface area contributed by atoms with E-state index in [4.69, 9.17) is 28.4 Å². The van der Waals surface area contributed by atoms with Gasteiger partial charge in [-0.15, -0.1) is 0 Å². The molecule has 3 saturated heterocycles. The maximum Gasteiger partial charge on any atom is 0.364 e. The molecule has 0 bridgehead atoms. The third-order valence-electron chi connectivity index (χ3n) is 18.3. The van der Waals surface area contributed by atoms with Crippen molar-refractivity contribution in [1.29, 1.82) is 0 Å². The average molecular weight is 1300 g/mol. The molecule has 23 heteroatoms. The highest BCUT2D eigenvalue weighted by atomic mass is 16.8. The molecule has 3 aliphatic rings. The Kier molecular flexibility index (Phi) is 44.1. The minimum Gasteiger partial charge on any atom is -0.477 e. The van der Waals surface area contributed by atoms with Gasteiger partial charge < -0.3 is 100 Å². The summed E-state index contributed by atoms with van der Waals surface area (Å²) in [6.45, 7) is 2.22. The summed E-state index contributed by atoms with van der Waals surface area (Å²) in [5.74, 6) is -6.09. The maximum absolute atomic E-state index is 13.5. The predicted molar refractivity (Wildman–Crippen MR) is 339 cm³/mol. The van der Waals surface area contributed by atoms with Crippen LogP contribution in [0.15, 0.2) is 0 Å². The molecule has 0 radical (unpaired) electrons. The SMILES string of the molecule is CCCCCCCCCCCCCCCCCCCCCCCCC(=O)NC(COC1OC(CO)C(OC2OC(CO)C(O)C(OC3(C(=O)O)CC(O)C(NC(C)=O)C(C(O)C(O)CO)O3)C2O)C(O)C1O)C(O)CCCCCCCCCCCCCCCC. The fraction of sp³-hybridized carbons (Fsp3) is 0.955. The Balaban J connectivity index is 1.57. The first kappa shape index (κ1) is 82.0. The molecule has 3 rings (SSSR count). The molecular formula is C67H126N2O21. The number of amides is 2. The van der Waals surface area contributed by atoms with Crippen LogP contribution in [0, 0.1) is 0 Å². The number of aliphatic hydroxyl groups is 11. The van der Waals surface area contributed by atoms with Crippen LogP contribution in [-0.4, -0.2) is 215 Å². The summed E-state index contributed by atoms with van der Waals surface area (Å²) in [6, 6.07) is -2.52. The van der Waals surface area contributed by atoms with Crippen molar-refractivity contribution in [3.8, 4) is 0 Å². The number of ether oxygens (including phenoxy) is 6. The Morgan fingerprint density at radius 3 is 1.39 bits per heavy atom. The van der Waals surface area contributed by atoms with Crippen molar-refractivity contribution in [3.05, 3.63) is 0 Å². The minimum absolute atomic E-state index is 0.229. The standard InChI is InChI=1S/C67H126N2O21/c1-4-6-8-10-12-14-16-18-20-21-22-23-24-25-26-27-29-31-33-35-37-39-41-54(77)69-48(49(74)40-38-36-34-32-30-28-19-17-15-13-11-9-7-5-2)46-85-64-59(81)58(80)61(53(45-72)87-64)88-65-60(82)63(57(79)52(44-71)86-65)90-67(66(83)84)42-50(75)55(68-47(3)73)62(89-67)56(78)51(76)43-70/h48-53,55-65,70-72,74-76,78-82H,4-46H2,1-3H3,(H,68,73)(H,69,77)(H,83,84). The van der Waals surface area contributed by atoms with Crippen molar-refractivity contribution in [2.45, 2.75) is 381 Å².